The van der Waals surface area contributed by atoms with Gasteiger partial charge in [-0.15, -0.1) is 11.8 Å². The van der Waals surface area contributed by atoms with Crippen molar-refractivity contribution in [3.8, 4) is 23.7 Å². The maximum absolute atomic E-state index is 3.11. The van der Waals surface area contributed by atoms with Gasteiger partial charge in [0.15, 0.2) is 0 Å². The first-order chi connectivity index (χ1) is 5.91. The Morgan fingerprint density at radius 2 is 1.42 bits per heavy atom. The van der Waals surface area contributed by atoms with E-state index >= 15 is 0 Å². The van der Waals surface area contributed by atoms with E-state index < -0.39 is 0 Å². The molecular formula is C12H18. The molecule has 0 saturated heterocycles. The molecule has 0 nitrogen and oxygen atoms in total. The second-order valence-corrected chi connectivity index (χ2v) is 2.74. The van der Waals surface area contributed by atoms with Gasteiger partial charge in [0.1, 0.15) is 0 Å². The summed E-state index contributed by atoms with van der Waals surface area (Å²) in [5.41, 5.74) is 0. The average molecular weight is 162 g/mol. The van der Waals surface area contributed by atoms with Gasteiger partial charge in [0.25, 0.3) is 0 Å². The molecule has 0 atom stereocenters. The van der Waals surface area contributed by atoms with Crippen LogP contribution in [0.3, 0.4) is 0 Å². The highest BCUT2D eigenvalue weighted by Crippen LogP contribution is 1.90. The lowest BCUT2D eigenvalue weighted by molar-refractivity contribution is 0.828. The van der Waals surface area contributed by atoms with Crippen LogP contribution < -0.4 is 0 Å². The second kappa shape index (κ2) is 10.1. The summed E-state index contributed by atoms with van der Waals surface area (Å²) in [7, 11) is 0. The Labute approximate surface area is 76.8 Å². The highest BCUT2D eigenvalue weighted by Gasteiger charge is 1.75. The monoisotopic (exact) mass is 162 g/mol. The van der Waals surface area contributed by atoms with Crippen LogP contribution in [-0.2, 0) is 0 Å². The Hall–Kier alpha value is -0.880. The number of hydrogen-bond donors (Lipinski definition) is 0. The summed E-state index contributed by atoms with van der Waals surface area (Å²) >= 11 is 0. The summed E-state index contributed by atoms with van der Waals surface area (Å²) in [6, 6.07) is 0. The van der Waals surface area contributed by atoms with Crippen molar-refractivity contribution in [2.24, 2.45) is 0 Å². The van der Waals surface area contributed by atoms with Gasteiger partial charge in [-0.3, -0.25) is 0 Å². The minimum Gasteiger partial charge on any atom is -0.102 e. The van der Waals surface area contributed by atoms with E-state index in [9.17, 15) is 0 Å². The number of rotatable bonds is 3. The summed E-state index contributed by atoms with van der Waals surface area (Å²) in [4.78, 5) is 0. The number of unbranched alkanes of at least 4 members (excludes halogenated alkanes) is 3. The molecule has 12 heavy (non-hydrogen) atoms. The van der Waals surface area contributed by atoms with Crippen molar-refractivity contribution in [1.82, 2.24) is 0 Å². The second-order valence-electron chi connectivity index (χ2n) is 2.74. The van der Waals surface area contributed by atoms with Crippen LogP contribution in [0, 0.1) is 23.7 Å². The molecule has 0 aliphatic rings. The molecule has 0 aliphatic carbocycles. The van der Waals surface area contributed by atoms with E-state index in [1.165, 1.54) is 12.8 Å². The molecule has 0 aliphatic heterocycles. The van der Waals surface area contributed by atoms with Gasteiger partial charge in [-0.25, -0.2) is 0 Å². The van der Waals surface area contributed by atoms with E-state index in [-0.39, 0.29) is 0 Å². The van der Waals surface area contributed by atoms with Crippen LogP contribution in [0.25, 0.3) is 0 Å². The van der Waals surface area contributed by atoms with Crippen molar-refractivity contribution >= 4 is 0 Å². The summed E-state index contributed by atoms with van der Waals surface area (Å²) in [5, 5.41) is 0. The van der Waals surface area contributed by atoms with Gasteiger partial charge in [-0.2, -0.15) is 0 Å². The predicted molar refractivity (Wildman–Crippen MR) is 54.6 cm³/mol. The van der Waals surface area contributed by atoms with Gasteiger partial charge in [-0.1, -0.05) is 32.1 Å². The molecule has 0 heteroatoms. The van der Waals surface area contributed by atoms with E-state index in [2.05, 4.69) is 37.5 Å². The summed E-state index contributed by atoms with van der Waals surface area (Å²) in [5.74, 6) is 12.3. The lowest BCUT2D eigenvalue weighted by atomic mass is 10.2. The third-order valence-corrected chi connectivity index (χ3v) is 1.46. The Balaban J connectivity index is 3.27. The quantitative estimate of drug-likeness (QED) is 0.441. The summed E-state index contributed by atoms with van der Waals surface area (Å²) in [6.07, 6.45) is 6.40. The van der Waals surface area contributed by atoms with Crippen LogP contribution in [0.1, 0.15) is 52.4 Å². The molecule has 0 heterocycles. The normalized spacial score (nSPS) is 7.83. The highest BCUT2D eigenvalue weighted by atomic mass is 13.8. The van der Waals surface area contributed by atoms with E-state index in [0.717, 1.165) is 25.7 Å². The molecule has 0 N–H and O–H groups in total. The molecule has 0 radical (unpaired) electrons. The molecule has 0 aromatic rings. The van der Waals surface area contributed by atoms with Crippen molar-refractivity contribution < 1.29 is 0 Å². The minimum atomic E-state index is 0.754. The SMILES string of the molecule is CCCC#CCC#CCCCC. The van der Waals surface area contributed by atoms with Crippen LogP contribution in [0.5, 0.6) is 0 Å². The van der Waals surface area contributed by atoms with Crippen molar-refractivity contribution in [3.63, 3.8) is 0 Å². The third-order valence-electron chi connectivity index (χ3n) is 1.46. The Morgan fingerprint density at radius 3 is 2.00 bits per heavy atom. The summed E-state index contributed by atoms with van der Waals surface area (Å²) < 4.78 is 0. The zero-order valence-electron chi connectivity index (χ0n) is 8.24. The van der Waals surface area contributed by atoms with Gasteiger partial charge in [0, 0.05) is 12.8 Å². The molecule has 0 spiro atoms. The van der Waals surface area contributed by atoms with Gasteiger partial charge in [-0.05, 0) is 12.8 Å². The van der Waals surface area contributed by atoms with Crippen LogP contribution in [0.2, 0.25) is 0 Å². The van der Waals surface area contributed by atoms with Crippen molar-refractivity contribution in [3.05, 3.63) is 0 Å². The molecule has 66 valence electrons. The Bertz CT molecular complexity index is 192. The van der Waals surface area contributed by atoms with Crippen molar-refractivity contribution in [1.29, 1.82) is 0 Å². The minimum absolute atomic E-state index is 0.754. The largest absolute Gasteiger partial charge is 0.102 e. The first-order valence-corrected chi connectivity index (χ1v) is 4.83. The zero-order chi connectivity index (χ0) is 9.07. The van der Waals surface area contributed by atoms with Crippen molar-refractivity contribution in [2.45, 2.75) is 52.4 Å². The molecule has 0 unspecified atom stereocenters. The molecule has 0 saturated carbocycles. The Morgan fingerprint density at radius 1 is 0.750 bits per heavy atom. The fraction of sp³-hybridized carbons (Fsp3) is 0.667. The average Bonchev–Trinajstić information content (AvgIpc) is 2.10. The smallest absolute Gasteiger partial charge is 0.0702 e. The highest BCUT2D eigenvalue weighted by molar-refractivity contribution is 5.11. The van der Waals surface area contributed by atoms with Crippen LogP contribution >= 0.6 is 0 Å². The van der Waals surface area contributed by atoms with Gasteiger partial charge in [0.05, 0.1) is 6.42 Å². The van der Waals surface area contributed by atoms with Crippen molar-refractivity contribution in [2.75, 3.05) is 0 Å². The molecule has 0 fully saturated rings. The van der Waals surface area contributed by atoms with E-state index in [1.54, 1.807) is 0 Å². The lowest BCUT2D eigenvalue weighted by Crippen LogP contribution is -1.67. The molecule has 0 rings (SSSR count). The number of hydrogen-bond acceptors (Lipinski definition) is 0. The topological polar surface area (TPSA) is 0 Å². The maximum Gasteiger partial charge on any atom is 0.0702 e. The molecule has 0 amide bonds. The fourth-order valence-electron chi connectivity index (χ4n) is 0.736. The van der Waals surface area contributed by atoms with Gasteiger partial charge in [0.2, 0.25) is 0 Å². The maximum atomic E-state index is 3.11. The molecular weight excluding hydrogens is 144 g/mol. The van der Waals surface area contributed by atoms with E-state index in [0.29, 0.717) is 0 Å². The fourth-order valence-corrected chi connectivity index (χ4v) is 0.736. The van der Waals surface area contributed by atoms with E-state index in [1.807, 2.05) is 0 Å². The van der Waals surface area contributed by atoms with Crippen LogP contribution in [0.15, 0.2) is 0 Å². The zero-order valence-corrected chi connectivity index (χ0v) is 8.24. The van der Waals surface area contributed by atoms with Gasteiger partial charge >= 0.3 is 0 Å². The first kappa shape index (κ1) is 11.1. The van der Waals surface area contributed by atoms with E-state index in [4.69, 9.17) is 0 Å². The lowest BCUT2D eigenvalue weighted by Gasteiger charge is -1.82. The van der Waals surface area contributed by atoms with Crippen LogP contribution in [0.4, 0.5) is 0 Å². The molecule has 0 bridgehead atoms. The first-order valence-electron chi connectivity index (χ1n) is 4.83. The van der Waals surface area contributed by atoms with Crippen LogP contribution in [-0.4, -0.2) is 0 Å². The predicted octanol–water partition coefficient (Wildman–Crippen LogP) is 3.37. The molecule has 0 aromatic heterocycles. The summed E-state index contributed by atoms with van der Waals surface area (Å²) in [6.45, 7) is 4.32. The molecule has 0 aromatic carbocycles. The Kier molecular flexibility index (Phi) is 9.38. The standard InChI is InChI=1S/C12H18/c1-3-5-7-9-11-12-10-8-6-4-2/h3-7,12H2,1-2H3. The van der Waals surface area contributed by atoms with Gasteiger partial charge < -0.3 is 0 Å². The third kappa shape index (κ3) is 9.12.